The number of methoxy groups -OCH3 is 1. The maximum Gasteiger partial charge on any atom is 0.150 e. The van der Waals surface area contributed by atoms with E-state index in [4.69, 9.17) is 4.74 Å². The lowest BCUT2D eigenvalue weighted by atomic mass is 10.2. The van der Waals surface area contributed by atoms with Crippen molar-refractivity contribution in [1.29, 1.82) is 0 Å². The predicted molar refractivity (Wildman–Crippen MR) is 73.0 cm³/mol. The highest BCUT2D eigenvalue weighted by atomic mass is 16.5. The molecule has 0 aromatic heterocycles. The first kappa shape index (κ1) is 12.1. The molecule has 0 radical (unpaired) electrons. The van der Waals surface area contributed by atoms with Crippen molar-refractivity contribution in [3.05, 3.63) is 53.4 Å². The van der Waals surface area contributed by atoms with E-state index in [-0.39, 0.29) is 0 Å². The summed E-state index contributed by atoms with van der Waals surface area (Å²) in [5, 5.41) is 2.92. The summed E-state index contributed by atoms with van der Waals surface area (Å²) in [6.07, 6.45) is 0. The number of nitrogens with zero attached hydrogens (tertiary/aromatic N) is 2. The highest BCUT2D eigenvalue weighted by Gasteiger charge is 2.08. The maximum absolute atomic E-state index is 10.6. The van der Waals surface area contributed by atoms with Gasteiger partial charge >= 0.3 is 0 Å². The number of benzene rings is 2. The van der Waals surface area contributed by atoms with Gasteiger partial charge in [-0.05, 0) is 29.4 Å². The van der Waals surface area contributed by atoms with Gasteiger partial charge in [-0.1, -0.05) is 18.2 Å². The van der Waals surface area contributed by atoms with Crippen molar-refractivity contribution >= 4 is 17.1 Å². The summed E-state index contributed by atoms with van der Waals surface area (Å²) in [5.74, 6) is 0.477. The van der Waals surface area contributed by atoms with Crippen molar-refractivity contribution in [2.45, 2.75) is 0 Å². The first-order valence-corrected chi connectivity index (χ1v) is 5.56. The van der Waals surface area contributed by atoms with Gasteiger partial charge in [0.05, 0.1) is 7.11 Å². The monoisotopic (exact) mass is 242 g/mol. The minimum Gasteiger partial charge on any atom is -0.494 e. The molecule has 2 rings (SSSR count). The van der Waals surface area contributed by atoms with Crippen molar-refractivity contribution in [3.63, 3.8) is 0 Å². The normalized spacial score (nSPS) is 9.89. The van der Waals surface area contributed by atoms with Gasteiger partial charge in [-0.3, -0.25) is 0 Å². The van der Waals surface area contributed by atoms with Crippen LogP contribution in [0, 0.1) is 4.91 Å². The third kappa shape index (κ3) is 2.32. The Morgan fingerprint density at radius 1 is 1.06 bits per heavy atom. The largest absolute Gasteiger partial charge is 0.494 e. The topological polar surface area (TPSA) is 41.9 Å². The number of nitroso groups, excluding NO2 is 1. The molecular formula is C14H14N2O2. The zero-order chi connectivity index (χ0) is 13.0. The molecule has 92 valence electrons. The first-order chi connectivity index (χ1) is 8.76. The standard InChI is InChI=1S/C14H14N2O2/c1-16(11-6-4-3-5-7-11)12-8-9-13(15-17)14(10-12)18-2/h3-10H,1-2H3. The van der Waals surface area contributed by atoms with Crippen LogP contribution in [0.1, 0.15) is 0 Å². The molecule has 2 aromatic carbocycles. The molecule has 0 amide bonds. The molecule has 0 aliphatic carbocycles. The molecule has 2 aromatic rings. The molecule has 0 saturated carbocycles. The van der Waals surface area contributed by atoms with E-state index in [1.807, 2.05) is 48.3 Å². The zero-order valence-electron chi connectivity index (χ0n) is 10.3. The van der Waals surface area contributed by atoms with Crippen LogP contribution in [0.5, 0.6) is 5.75 Å². The van der Waals surface area contributed by atoms with Crippen molar-refractivity contribution < 1.29 is 4.74 Å². The minimum absolute atomic E-state index is 0.308. The fourth-order valence-electron chi connectivity index (χ4n) is 1.75. The quantitative estimate of drug-likeness (QED) is 0.764. The Hall–Kier alpha value is -2.36. The molecule has 0 unspecified atom stereocenters. The lowest BCUT2D eigenvalue weighted by molar-refractivity contribution is 0.416. The summed E-state index contributed by atoms with van der Waals surface area (Å²) in [7, 11) is 3.48. The van der Waals surface area contributed by atoms with E-state index >= 15 is 0 Å². The zero-order valence-corrected chi connectivity index (χ0v) is 10.3. The van der Waals surface area contributed by atoms with E-state index in [1.165, 1.54) is 7.11 Å². The summed E-state index contributed by atoms with van der Waals surface area (Å²) in [6.45, 7) is 0. The van der Waals surface area contributed by atoms with Crippen LogP contribution in [0.25, 0.3) is 0 Å². The van der Waals surface area contributed by atoms with E-state index in [2.05, 4.69) is 5.18 Å². The third-order valence-corrected chi connectivity index (χ3v) is 2.79. The van der Waals surface area contributed by atoms with Crippen molar-refractivity contribution in [1.82, 2.24) is 0 Å². The first-order valence-electron chi connectivity index (χ1n) is 5.56. The Bertz CT molecular complexity index is 541. The van der Waals surface area contributed by atoms with Gasteiger partial charge in [-0.2, -0.15) is 0 Å². The number of para-hydroxylation sites is 1. The van der Waals surface area contributed by atoms with E-state index in [1.54, 1.807) is 12.1 Å². The Balaban J connectivity index is 2.37. The molecule has 0 N–H and O–H groups in total. The maximum atomic E-state index is 10.6. The number of hydrogen-bond acceptors (Lipinski definition) is 4. The predicted octanol–water partition coefficient (Wildman–Crippen LogP) is 3.86. The molecule has 18 heavy (non-hydrogen) atoms. The molecular weight excluding hydrogens is 228 g/mol. The van der Waals surface area contributed by atoms with Crippen molar-refractivity contribution in [2.24, 2.45) is 5.18 Å². The molecule has 0 saturated heterocycles. The second-order valence-corrected chi connectivity index (χ2v) is 3.84. The van der Waals surface area contributed by atoms with Gasteiger partial charge in [0, 0.05) is 24.5 Å². The average molecular weight is 242 g/mol. The van der Waals surface area contributed by atoms with Crippen LogP contribution in [-0.2, 0) is 0 Å². The number of ether oxygens (including phenoxy) is 1. The molecule has 0 aliphatic heterocycles. The summed E-state index contributed by atoms with van der Waals surface area (Å²) in [4.78, 5) is 12.6. The van der Waals surface area contributed by atoms with Crippen LogP contribution in [0.15, 0.2) is 53.7 Å². The van der Waals surface area contributed by atoms with Crippen LogP contribution < -0.4 is 9.64 Å². The van der Waals surface area contributed by atoms with Gasteiger partial charge in [0.1, 0.15) is 11.4 Å². The van der Waals surface area contributed by atoms with E-state index in [0.717, 1.165) is 11.4 Å². The van der Waals surface area contributed by atoms with Gasteiger partial charge < -0.3 is 9.64 Å². The molecule has 0 aliphatic rings. The molecule has 0 spiro atoms. The fraction of sp³-hybridized carbons (Fsp3) is 0.143. The molecule has 4 heteroatoms. The SMILES string of the molecule is COc1cc(N(C)c2ccccc2)ccc1N=O. The summed E-state index contributed by atoms with van der Waals surface area (Å²) in [5.41, 5.74) is 2.31. The van der Waals surface area contributed by atoms with Crippen LogP contribution in [0.2, 0.25) is 0 Å². The van der Waals surface area contributed by atoms with Gasteiger partial charge in [-0.15, -0.1) is 4.91 Å². The number of rotatable bonds is 4. The second kappa shape index (κ2) is 5.31. The third-order valence-electron chi connectivity index (χ3n) is 2.79. The Morgan fingerprint density at radius 2 is 1.78 bits per heavy atom. The van der Waals surface area contributed by atoms with E-state index < -0.39 is 0 Å². The number of anilines is 2. The van der Waals surface area contributed by atoms with Crippen molar-refractivity contribution in [2.75, 3.05) is 19.1 Å². The van der Waals surface area contributed by atoms with Gasteiger partial charge in [-0.25, -0.2) is 0 Å². The van der Waals surface area contributed by atoms with Crippen molar-refractivity contribution in [3.8, 4) is 5.75 Å². The van der Waals surface area contributed by atoms with E-state index in [0.29, 0.717) is 11.4 Å². The number of hydrogen-bond donors (Lipinski definition) is 0. The minimum atomic E-state index is 0.308. The average Bonchev–Trinajstić information content (AvgIpc) is 2.46. The van der Waals surface area contributed by atoms with Gasteiger partial charge in [0.25, 0.3) is 0 Å². The molecule has 0 atom stereocenters. The van der Waals surface area contributed by atoms with Gasteiger partial charge in [0.2, 0.25) is 0 Å². The van der Waals surface area contributed by atoms with E-state index in [9.17, 15) is 4.91 Å². The summed E-state index contributed by atoms with van der Waals surface area (Å²) in [6, 6.07) is 15.2. The van der Waals surface area contributed by atoms with Gasteiger partial charge in [0.15, 0.2) is 0 Å². The highest BCUT2D eigenvalue weighted by molar-refractivity contribution is 5.68. The lowest BCUT2D eigenvalue weighted by Gasteiger charge is -2.20. The highest BCUT2D eigenvalue weighted by Crippen LogP contribution is 2.33. The smallest absolute Gasteiger partial charge is 0.150 e. The molecule has 0 fully saturated rings. The summed E-state index contributed by atoms with van der Waals surface area (Å²) >= 11 is 0. The Morgan fingerprint density at radius 3 is 2.39 bits per heavy atom. The molecule has 0 bridgehead atoms. The molecule has 4 nitrogen and oxygen atoms in total. The lowest BCUT2D eigenvalue weighted by Crippen LogP contribution is -2.09. The van der Waals surface area contributed by atoms with Crippen LogP contribution in [0.3, 0.4) is 0 Å². The second-order valence-electron chi connectivity index (χ2n) is 3.84. The molecule has 0 heterocycles. The Kier molecular flexibility index (Phi) is 3.57. The van der Waals surface area contributed by atoms with Crippen LogP contribution >= 0.6 is 0 Å². The fourth-order valence-corrected chi connectivity index (χ4v) is 1.75. The van der Waals surface area contributed by atoms with Crippen LogP contribution in [-0.4, -0.2) is 14.2 Å². The Labute approximate surface area is 106 Å². The summed E-state index contributed by atoms with van der Waals surface area (Å²) < 4.78 is 5.14. The van der Waals surface area contributed by atoms with Crippen LogP contribution in [0.4, 0.5) is 17.1 Å².